The number of carbonyl (C=O) groups is 1. The molecule has 2 heterocycles. The summed E-state index contributed by atoms with van der Waals surface area (Å²) >= 11 is 0.789. The Morgan fingerprint density at radius 2 is 2.00 bits per heavy atom. The minimum atomic E-state index is -5.72. The number of hydrogen-bond acceptors (Lipinski definition) is 10. The fraction of sp³-hybridized carbons (Fsp3) is 0.591. The molecule has 0 radical (unpaired) electrons. The largest absolute Gasteiger partial charge is 0.516 e. The zero-order valence-electron chi connectivity index (χ0n) is 20.9. The lowest BCUT2D eigenvalue weighted by Gasteiger charge is -2.40. The van der Waals surface area contributed by atoms with Crippen LogP contribution in [0.5, 0.6) is 0 Å². The molecule has 1 aliphatic heterocycles. The van der Waals surface area contributed by atoms with Crippen molar-refractivity contribution in [2.75, 3.05) is 22.8 Å². The second-order valence-corrected chi connectivity index (χ2v) is 11.6. The van der Waals surface area contributed by atoms with Gasteiger partial charge >= 0.3 is 21.5 Å². The van der Waals surface area contributed by atoms with Crippen LogP contribution in [0.4, 0.5) is 35.4 Å². The van der Waals surface area contributed by atoms with Crippen molar-refractivity contribution in [3.63, 3.8) is 0 Å². The Balaban J connectivity index is 2.03. The predicted molar refractivity (Wildman–Crippen MR) is 134 cm³/mol. The van der Waals surface area contributed by atoms with Crippen molar-refractivity contribution in [3.05, 3.63) is 22.7 Å². The smallest absolute Gasteiger partial charge is 0.460 e. The molecule has 3 rings (SSSR count). The molecule has 1 aromatic carbocycles. The Kier molecular flexibility index (Phi) is 9.10. The van der Waals surface area contributed by atoms with E-state index < -0.39 is 21.5 Å². The topological polar surface area (TPSA) is 126 Å². The van der Waals surface area contributed by atoms with Gasteiger partial charge in [0, 0.05) is 18.3 Å². The van der Waals surface area contributed by atoms with Crippen LogP contribution in [-0.2, 0) is 21.2 Å². The zero-order chi connectivity index (χ0) is 27.4. The van der Waals surface area contributed by atoms with Gasteiger partial charge in [0.1, 0.15) is 5.69 Å². The normalized spacial score (nSPS) is 16.3. The lowest BCUT2D eigenvalue weighted by Crippen LogP contribution is -2.41. The van der Waals surface area contributed by atoms with Gasteiger partial charge in [0.2, 0.25) is 5.01 Å². The van der Waals surface area contributed by atoms with Crippen LogP contribution in [-0.4, -0.2) is 49.3 Å². The van der Waals surface area contributed by atoms with Gasteiger partial charge in [-0.2, -0.15) is 21.6 Å². The molecule has 1 aromatic heterocycles. The van der Waals surface area contributed by atoms with E-state index in [2.05, 4.69) is 25.3 Å². The van der Waals surface area contributed by atoms with Crippen molar-refractivity contribution < 1.29 is 31.1 Å². The number of carbonyl (C=O) groups excluding carboxylic acids is 1. The fourth-order valence-corrected chi connectivity index (χ4v) is 5.02. The number of nitrogens with zero attached hydrogens (tertiary/aromatic N) is 5. The minimum absolute atomic E-state index is 0.0433. The lowest BCUT2D eigenvalue weighted by molar-refractivity contribution is -0.0429. The van der Waals surface area contributed by atoms with Gasteiger partial charge in [-0.3, -0.25) is 4.72 Å². The average Bonchev–Trinajstić information content (AvgIpc) is 3.29. The maximum absolute atomic E-state index is 13.2. The molecule has 1 unspecified atom stereocenters. The molecule has 1 N–H and O–H groups in total. The standard InChI is InChI=1S/C22H29F3N6O4S2/c1-5-9-35-20(32)19-27-29-21(36-19)28-26-16-10-14-7-8-15(6-2)31(12-13(3)4)18(14)11-17(16)30-37(33,34)22(23,24)25/h10-11,13,15,30H,5-9,12H2,1-4H3. The monoisotopic (exact) mass is 562 g/mol. The van der Waals surface area contributed by atoms with Crippen LogP contribution in [0.2, 0.25) is 0 Å². The molecule has 2 aromatic rings. The Morgan fingerprint density at radius 1 is 1.27 bits per heavy atom. The van der Waals surface area contributed by atoms with Crippen molar-refractivity contribution in [1.29, 1.82) is 0 Å². The highest BCUT2D eigenvalue weighted by Gasteiger charge is 2.46. The van der Waals surface area contributed by atoms with E-state index in [0.717, 1.165) is 29.7 Å². The minimum Gasteiger partial charge on any atom is -0.460 e. The van der Waals surface area contributed by atoms with Gasteiger partial charge in [-0.1, -0.05) is 39.0 Å². The number of anilines is 2. The van der Waals surface area contributed by atoms with Gasteiger partial charge in [0.15, 0.2) is 0 Å². The molecule has 0 bridgehead atoms. The first-order valence-electron chi connectivity index (χ1n) is 11.8. The van der Waals surface area contributed by atoms with Crippen LogP contribution >= 0.6 is 11.3 Å². The molecule has 15 heteroatoms. The summed E-state index contributed by atoms with van der Waals surface area (Å²) in [7, 11) is -5.72. The molecular formula is C22H29F3N6O4S2. The molecule has 204 valence electrons. The third-order valence-electron chi connectivity index (χ3n) is 5.55. The second-order valence-electron chi connectivity index (χ2n) is 8.92. The quantitative estimate of drug-likeness (QED) is 0.279. The van der Waals surface area contributed by atoms with E-state index in [1.54, 1.807) is 4.72 Å². The summed E-state index contributed by atoms with van der Waals surface area (Å²) in [4.78, 5) is 14.0. The van der Waals surface area contributed by atoms with Crippen LogP contribution in [0.25, 0.3) is 0 Å². The number of halogens is 3. The Hall–Kier alpha value is -2.81. The molecule has 10 nitrogen and oxygen atoms in total. The van der Waals surface area contributed by atoms with E-state index in [0.29, 0.717) is 25.1 Å². The van der Waals surface area contributed by atoms with E-state index >= 15 is 0 Å². The van der Waals surface area contributed by atoms with Crippen molar-refractivity contribution >= 4 is 49.5 Å². The maximum Gasteiger partial charge on any atom is 0.516 e. The number of azo groups is 1. The molecule has 0 spiro atoms. The molecular weight excluding hydrogens is 533 g/mol. The zero-order valence-corrected chi connectivity index (χ0v) is 22.5. The molecule has 1 aliphatic rings. The third kappa shape index (κ3) is 6.94. The highest BCUT2D eigenvalue weighted by atomic mass is 32.2. The predicted octanol–water partition coefficient (Wildman–Crippen LogP) is 5.97. The van der Waals surface area contributed by atoms with Crippen LogP contribution in [0.3, 0.4) is 0 Å². The van der Waals surface area contributed by atoms with Crippen molar-refractivity contribution in [2.24, 2.45) is 16.1 Å². The maximum atomic E-state index is 13.2. The molecule has 0 fully saturated rings. The lowest BCUT2D eigenvalue weighted by atomic mass is 9.92. The number of aryl methyl sites for hydroxylation is 1. The summed E-state index contributed by atoms with van der Waals surface area (Å²) in [6.45, 7) is 8.80. The summed E-state index contributed by atoms with van der Waals surface area (Å²) < 4.78 is 70.1. The molecule has 37 heavy (non-hydrogen) atoms. The summed E-state index contributed by atoms with van der Waals surface area (Å²) in [5.41, 5.74) is -4.53. The number of hydrogen-bond donors (Lipinski definition) is 1. The average molecular weight is 563 g/mol. The number of esters is 1. The van der Waals surface area contributed by atoms with Gasteiger partial charge in [0.25, 0.3) is 5.13 Å². The number of sulfonamides is 1. The van der Waals surface area contributed by atoms with Crippen LogP contribution < -0.4 is 9.62 Å². The van der Waals surface area contributed by atoms with Gasteiger partial charge in [-0.05, 0) is 49.3 Å². The first-order chi connectivity index (χ1) is 17.4. The van der Waals surface area contributed by atoms with Gasteiger partial charge < -0.3 is 9.64 Å². The molecule has 0 aliphatic carbocycles. The highest BCUT2D eigenvalue weighted by Crippen LogP contribution is 2.41. The second kappa shape index (κ2) is 11.7. The molecule has 1 atom stereocenters. The van der Waals surface area contributed by atoms with E-state index in [9.17, 15) is 26.4 Å². The number of nitrogens with one attached hydrogen (secondary N) is 1. The van der Waals surface area contributed by atoms with Crippen molar-refractivity contribution in [3.8, 4) is 0 Å². The Bertz CT molecular complexity index is 1250. The van der Waals surface area contributed by atoms with Gasteiger partial charge in [-0.15, -0.1) is 20.4 Å². The van der Waals surface area contributed by atoms with Gasteiger partial charge in [-0.25, -0.2) is 4.79 Å². The highest BCUT2D eigenvalue weighted by molar-refractivity contribution is 7.93. The molecule has 0 saturated heterocycles. The van der Waals surface area contributed by atoms with Crippen molar-refractivity contribution in [2.45, 2.75) is 64.9 Å². The fourth-order valence-electron chi connectivity index (χ4n) is 3.89. The van der Waals surface area contributed by atoms with Crippen molar-refractivity contribution in [1.82, 2.24) is 10.2 Å². The van der Waals surface area contributed by atoms with E-state index in [1.807, 2.05) is 27.7 Å². The number of aromatic nitrogens is 2. The SMILES string of the molecule is CCCOC(=O)c1nnc(N=Nc2cc3c(cc2NS(=O)(=O)C(F)(F)F)N(CC(C)C)C(CC)CC3)s1. The Labute approximate surface area is 217 Å². The number of rotatable bonds is 10. The third-order valence-corrected chi connectivity index (χ3v) is 7.43. The van der Waals surface area contributed by atoms with Crippen LogP contribution in [0, 0.1) is 5.92 Å². The summed E-state index contributed by atoms with van der Waals surface area (Å²) in [6.07, 6.45) is 2.93. The molecule has 0 saturated carbocycles. The first-order valence-corrected chi connectivity index (χ1v) is 14.1. The van der Waals surface area contributed by atoms with Crippen LogP contribution in [0.1, 0.15) is 62.3 Å². The van der Waals surface area contributed by atoms with E-state index in [-0.39, 0.29) is 40.1 Å². The first kappa shape index (κ1) is 28.8. The van der Waals surface area contributed by atoms with Crippen LogP contribution in [0.15, 0.2) is 22.4 Å². The number of ether oxygens (including phenoxy) is 1. The number of alkyl halides is 3. The number of fused-ring (bicyclic) bond motifs is 1. The van der Waals surface area contributed by atoms with E-state index in [1.165, 1.54) is 12.1 Å². The Morgan fingerprint density at radius 3 is 2.62 bits per heavy atom. The summed E-state index contributed by atoms with van der Waals surface area (Å²) in [5.74, 6) is -0.408. The summed E-state index contributed by atoms with van der Waals surface area (Å²) in [5, 5.41) is 15.2. The molecule has 0 amide bonds. The number of benzene rings is 1. The van der Waals surface area contributed by atoms with E-state index in [4.69, 9.17) is 4.74 Å². The van der Waals surface area contributed by atoms with Gasteiger partial charge in [0.05, 0.1) is 12.3 Å². The summed E-state index contributed by atoms with van der Waals surface area (Å²) in [6, 6.07) is 3.08.